The number of hydrogen-bond acceptors (Lipinski definition) is 4. The molecule has 4 nitrogen and oxygen atoms in total. The molecule has 1 aromatic rings. The molecular weight excluding hydrogens is 200 g/mol. The molecule has 1 aliphatic rings. The van der Waals surface area contributed by atoms with E-state index in [1.807, 2.05) is 13.0 Å². The van der Waals surface area contributed by atoms with Crippen molar-refractivity contribution in [3.05, 3.63) is 11.8 Å². The monoisotopic (exact) mass is 220 g/mol. The average molecular weight is 220 g/mol. The summed E-state index contributed by atoms with van der Waals surface area (Å²) in [5.41, 5.74) is 6.63. The lowest BCUT2D eigenvalue weighted by molar-refractivity contribution is 0.521. The summed E-state index contributed by atoms with van der Waals surface area (Å²) in [7, 11) is 0. The van der Waals surface area contributed by atoms with Gasteiger partial charge in [0.25, 0.3) is 0 Å². The Kier molecular flexibility index (Phi) is 3.27. The molecule has 0 spiro atoms. The summed E-state index contributed by atoms with van der Waals surface area (Å²) in [6.45, 7) is 6.45. The van der Waals surface area contributed by atoms with E-state index in [-0.39, 0.29) is 0 Å². The molecule has 0 aliphatic carbocycles. The lowest BCUT2D eigenvalue weighted by Crippen LogP contribution is -2.25. The summed E-state index contributed by atoms with van der Waals surface area (Å²) < 4.78 is 0. The smallest absolute Gasteiger partial charge is 0.222 e. The van der Waals surface area contributed by atoms with Crippen LogP contribution < -0.4 is 10.6 Å². The number of rotatable bonds is 1. The number of hydrogen-bond donors (Lipinski definition) is 1. The highest BCUT2D eigenvalue weighted by atomic mass is 15.2. The van der Waals surface area contributed by atoms with E-state index in [4.69, 9.17) is 5.73 Å². The Balaban J connectivity index is 2.16. The van der Waals surface area contributed by atoms with E-state index in [1.165, 1.54) is 19.3 Å². The Bertz CT molecular complexity index is 344. The third kappa shape index (κ3) is 2.62. The number of nitrogen functional groups attached to an aromatic ring is 1. The van der Waals surface area contributed by atoms with Crippen LogP contribution in [0.1, 0.15) is 31.9 Å². The predicted molar refractivity (Wildman–Crippen MR) is 66.4 cm³/mol. The highest BCUT2D eigenvalue weighted by molar-refractivity contribution is 5.43. The Morgan fingerprint density at radius 1 is 1.31 bits per heavy atom. The zero-order chi connectivity index (χ0) is 11.5. The summed E-state index contributed by atoms with van der Waals surface area (Å²) in [6.07, 6.45) is 3.79. The molecule has 0 bridgehead atoms. The topological polar surface area (TPSA) is 55.0 Å². The Hall–Kier alpha value is -1.32. The van der Waals surface area contributed by atoms with Crippen molar-refractivity contribution in [3.63, 3.8) is 0 Å². The minimum atomic E-state index is 0.382. The SMILES string of the molecule is Cc1cc(N2CCC[C@H](C)CC2)nc(N)n1. The van der Waals surface area contributed by atoms with Crippen LogP contribution in [0, 0.1) is 12.8 Å². The fourth-order valence-corrected chi connectivity index (χ4v) is 2.23. The van der Waals surface area contributed by atoms with E-state index < -0.39 is 0 Å². The van der Waals surface area contributed by atoms with Crippen LogP contribution in [0.15, 0.2) is 6.07 Å². The molecule has 0 radical (unpaired) electrons. The Labute approximate surface area is 96.9 Å². The maximum absolute atomic E-state index is 5.68. The van der Waals surface area contributed by atoms with Gasteiger partial charge in [0.15, 0.2) is 0 Å². The maximum Gasteiger partial charge on any atom is 0.222 e. The summed E-state index contributed by atoms with van der Waals surface area (Å²) in [6, 6.07) is 2.02. The molecular formula is C12H20N4. The second-order valence-corrected chi connectivity index (χ2v) is 4.75. The maximum atomic E-state index is 5.68. The molecule has 0 unspecified atom stereocenters. The van der Waals surface area contributed by atoms with Gasteiger partial charge in [-0.3, -0.25) is 0 Å². The Morgan fingerprint density at radius 2 is 2.12 bits per heavy atom. The van der Waals surface area contributed by atoms with E-state index in [9.17, 15) is 0 Å². The van der Waals surface area contributed by atoms with Crippen LogP contribution in [0.5, 0.6) is 0 Å². The van der Waals surface area contributed by atoms with Gasteiger partial charge in [-0.25, -0.2) is 4.98 Å². The van der Waals surface area contributed by atoms with Gasteiger partial charge in [-0.05, 0) is 32.1 Å². The minimum Gasteiger partial charge on any atom is -0.368 e. The molecule has 2 rings (SSSR count). The number of aryl methyl sites for hydroxylation is 1. The minimum absolute atomic E-state index is 0.382. The van der Waals surface area contributed by atoms with Gasteiger partial charge in [0.1, 0.15) is 5.82 Å². The molecule has 1 saturated heterocycles. The lowest BCUT2D eigenvalue weighted by atomic mass is 10.0. The van der Waals surface area contributed by atoms with Crippen molar-refractivity contribution in [2.75, 3.05) is 23.7 Å². The van der Waals surface area contributed by atoms with Crippen LogP contribution in [-0.4, -0.2) is 23.1 Å². The molecule has 16 heavy (non-hydrogen) atoms. The molecule has 1 aliphatic heterocycles. The molecule has 88 valence electrons. The van der Waals surface area contributed by atoms with Crippen molar-refractivity contribution in [2.45, 2.75) is 33.1 Å². The second kappa shape index (κ2) is 4.68. The largest absolute Gasteiger partial charge is 0.368 e. The molecule has 0 saturated carbocycles. The zero-order valence-corrected chi connectivity index (χ0v) is 10.1. The molecule has 2 N–H and O–H groups in total. The molecule has 0 amide bonds. The summed E-state index contributed by atoms with van der Waals surface area (Å²) >= 11 is 0. The average Bonchev–Trinajstić information content (AvgIpc) is 2.41. The van der Waals surface area contributed by atoms with Crippen molar-refractivity contribution in [3.8, 4) is 0 Å². The molecule has 1 atom stereocenters. The first-order valence-corrected chi connectivity index (χ1v) is 6.01. The highest BCUT2D eigenvalue weighted by Crippen LogP contribution is 2.21. The second-order valence-electron chi connectivity index (χ2n) is 4.75. The highest BCUT2D eigenvalue weighted by Gasteiger charge is 2.15. The van der Waals surface area contributed by atoms with Gasteiger partial charge in [0, 0.05) is 24.8 Å². The van der Waals surface area contributed by atoms with Crippen molar-refractivity contribution in [2.24, 2.45) is 5.92 Å². The molecule has 1 fully saturated rings. The normalized spacial score (nSPS) is 21.9. The molecule has 0 aromatic carbocycles. The number of anilines is 2. The van der Waals surface area contributed by atoms with E-state index in [0.717, 1.165) is 30.5 Å². The number of aromatic nitrogens is 2. The summed E-state index contributed by atoms with van der Waals surface area (Å²) in [5, 5.41) is 0. The molecule has 2 heterocycles. The lowest BCUT2D eigenvalue weighted by Gasteiger charge is -2.21. The van der Waals surface area contributed by atoms with E-state index >= 15 is 0 Å². The number of nitrogens with two attached hydrogens (primary N) is 1. The van der Waals surface area contributed by atoms with Crippen LogP contribution in [-0.2, 0) is 0 Å². The van der Waals surface area contributed by atoms with Crippen LogP contribution in [0.4, 0.5) is 11.8 Å². The first kappa shape index (κ1) is 11.2. The van der Waals surface area contributed by atoms with Gasteiger partial charge in [0.2, 0.25) is 5.95 Å². The van der Waals surface area contributed by atoms with Crippen LogP contribution >= 0.6 is 0 Å². The third-order valence-electron chi connectivity index (χ3n) is 3.20. The van der Waals surface area contributed by atoms with Gasteiger partial charge < -0.3 is 10.6 Å². The molecule has 1 aromatic heterocycles. The van der Waals surface area contributed by atoms with E-state index in [1.54, 1.807) is 0 Å². The standard InChI is InChI=1S/C12H20N4/c1-9-4-3-6-16(7-5-9)11-8-10(2)14-12(13)15-11/h8-9H,3-7H2,1-2H3,(H2,13,14,15)/t9-/m0/s1. The van der Waals surface area contributed by atoms with Gasteiger partial charge in [0.05, 0.1) is 0 Å². The predicted octanol–water partition coefficient (Wildman–Crippen LogP) is 1.99. The van der Waals surface area contributed by atoms with Crippen molar-refractivity contribution in [1.82, 2.24) is 9.97 Å². The fourth-order valence-electron chi connectivity index (χ4n) is 2.23. The van der Waals surface area contributed by atoms with Crippen LogP contribution in [0.3, 0.4) is 0 Å². The third-order valence-corrected chi connectivity index (χ3v) is 3.20. The molecule has 4 heteroatoms. The number of nitrogens with zero attached hydrogens (tertiary/aromatic N) is 3. The Morgan fingerprint density at radius 3 is 2.88 bits per heavy atom. The van der Waals surface area contributed by atoms with Gasteiger partial charge >= 0.3 is 0 Å². The van der Waals surface area contributed by atoms with Crippen LogP contribution in [0.25, 0.3) is 0 Å². The van der Waals surface area contributed by atoms with E-state index in [2.05, 4.69) is 21.8 Å². The fraction of sp³-hybridized carbons (Fsp3) is 0.667. The van der Waals surface area contributed by atoms with Gasteiger partial charge in [-0.2, -0.15) is 4.98 Å². The first-order valence-electron chi connectivity index (χ1n) is 6.01. The summed E-state index contributed by atoms with van der Waals surface area (Å²) in [4.78, 5) is 10.8. The summed E-state index contributed by atoms with van der Waals surface area (Å²) in [5.74, 6) is 2.19. The first-order chi connectivity index (χ1) is 7.65. The van der Waals surface area contributed by atoms with Gasteiger partial charge in [-0.15, -0.1) is 0 Å². The van der Waals surface area contributed by atoms with Crippen molar-refractivity contribution < 1.29 is 0 Å². The van der Waals surface area contributed by atoms with Crippen molar-refractivity contribution in [1.29, 1.82) is 0 Å². The van der Waals surface area contributed by atoms with Crippen molar-refractivity contribution >= 4 is 11.8 Å². The zero-order valence-electron chi connectivity index (χ0n) is 10.1. The van der Waals surface area contributed by atoms with Gasteiger partial charge in [-0.1, -0.05) is 6.92 Å². The van der Waals surface area contributed by atoms with E-state index in [0.29, 0.717) is 5.95 Å². The van der Waals surface area contributed by atoms with Crippen LogP contribution in [0.2, 0.25) is 0 Å². The quantitative estimate of drug-likeness (QED) is 0.786.